The van der Waals surface area contributed by atoms with Crippen molar-refractivity contribution >= 4 is 16.2 Å². The molecule has 0 unspecified atom stereocenters. The molecular formula is C12H24N2O6S. The molecule has 124 valence electrons. The van der Waals surface area contributed by atoms with E-state index in [-0.39, 0.29) is 45.3 Å². The first-order valence-corrected chi connectivity index (χ1v) is 8.20. The molecule has 1 aliphatic heterocycles. The first-order valence-electron chi connectivity index (χ1n) is 6.80. The monoisotopic (exact) mass is 324 g/mol. The third-order valence-corrected chi connectivity index (χ3v) is 5.61. The number of nitrogens with zero attached hydrogens (tertiary/aromatic N) is 2. The molecule has 0 saturated carbocycles. The van der Waals surface area contributed by atoms with Crippen LogP contribution in [-0.4, -0.2) is 81.7 Å². The summed E-state index contributed by atoms with van der Waals surface area (Å²) in [5.74, 6) is -1.82. The van der Waals surface area contributed by atoms with Crippen LogP contribution in [0.1, 0.15) is 6.92 Å². The van der Waals surface area contributed by atoms with E-state index in [2.05, 4.69) is 0 Å². The Bertz CT molecular complexity index is 433. The summed E-state index contributed by atoms with van der Waals surface area (Å²) in [7, 11) is -0.702. The minimum atomic E-state index is -3.70. The van der Waals surface area contributed by atoms with Crippen LogP contribution < -0.4 is 0 Å². The number of rotatable bonds is 9. The molecule has 2 atom stereocenters. The zero-order chi connectivity index (χ0) is 16.0. The van der Waals surface area contributed by atoms with E-state index < -0.39 is 22.1 Å². The predicted molar refractivity (Wildman–Crippen MR) is 76.1 cm³/mol. The van der Waals surface area contributed by atoms with Crippen LogP contribution in [0.3, 0.4) is 0 Å². The SMILES string of the molecule is COCCN(CCOC)S(=O)(=O)N1C[C@@H](C)[C@H](C(=O)O)C1. The number of carboxylic acids is 1. The van der Waals surface area contributed by atoms with Crippen molar-refractivity contribution in [3.8, 4) is 0 Å². The summed E-state index contributed by atoms with van der Waals surface area (Å²) in [4.78, 5) is 11.1. The summed E-state index contributed by atoms with van der Waals surface area (Å²) in [6.45, 7) is 2.95. The Morgan fingerprint density at radius 3 is 2.14 bits per heavy atom. The van der Waals surface area contributed by atoms with E-state index in [0.29, 0.717) is 0 Å². The second-order valence-electron chi connectivity index (χ2n) is 5.13. The number of hydrogen-bond acceptors (Lipinski definition) is 5. The van der Waals surface area contributed by atoms with Gasteiger partial charge in [-0.1, -0.05) is 6.92 Å². The van der Waals surface area contributed by atoms with E-state index in [1.54, 1.807) is 6.92 Å². The number of carbonyl (C=O) groups is 1. The van der Waals surface area contributed by atoms with E-state index >= 15 is 0 Å². The van der Waals surface area contributed by atoms with Gasteiger partial charge < -0.3 is 14.6 Å². The minimum absolute atomic E-state index is 0.00922. The van der Waals surface area contributed by atoms with Gasteiger partial charge in [0.1, 0.15) is 0 Å². The van der Waals surface area contributed by atoms with Crippen molar-refractivity contribution in [1.29, 1.82) is 0 Å². The second kappa shape index (κ2) is 8.04. The van der Waals surface area contributed by atoms with Crippen molar-refractivity contribution in [3.05, 3.63) is 0 Å². The molecule has 0 bridgehead atoms. The maximum atomic E-state index is 12.6. The Kier molecular flexibility index (Phi) is 7.01. The number of carboxylic acid groups (broad SMARTS) is 1. The van der Waals surface area contributed by atoms with Crippen LogP contribution in [0.2, 0.25) is 0 Å². The Hall–Kier alpha value is -0.740. The lowest BCUT2D eigenvalue weighted by molar-refractivity contribution is -0.142. The zero-order valence-electron chi connectivity index (χ0n) is 12.7. The number of aliphatic carboxylic acids is 1. The molecule has 0 aromatic carbocycles. The lowest BCUT2D eigenvalue weighted by Crippen LogP contribution is -2.45. The Balaban J connectivity index is 2.82. The van der Waals surface area contributed by atoms with Gasteiger partial charge in [0.05, 0.1) is 19.1 Å². The van der Waals surface area contributed by atoms with E-state index in [1.807, 2.05) is 0 Å². The van der Waals surface area contributed by atoms with Gasteiger partial charge in [0.2, 0.25) is 0 Å². The first-order chi connectivity index (χ1) is 9.84. The molecule has 1 fully saturated rings. The van der Waals surface area contributed by atoms with Crippen LogP contribution in [-0.2, 0) is 24.5 Å². The maximum Gasteiger partial charge on any atom is 0.308 e. The fourth-order valence-electron chi connectivity index (χ4n) is 2.32. The van der Waals surface area contributed by atoms with Gasteiger partial charge in [-0.05, 0) is 5.92 Å². The summed E-state index contributed by atoms with van der Waals surface area (Å²) < 4.78 is 37.6. The molecule has 0 spiro atoms. The molecule has 0 aromatic heterocycles. The molecule has 1 rings (SSSR count). The molecule has 0 aromatic rings. The minimum Gasteiger partial charge on any atom is -0.481 e. The van der Waals surface area contributed by atoms with Crippen LogP contribution >= 0.6 is 0 Å². The fourth-order valence-corrected chi connectivity index (χ4v) is 4.03. The predicted octanol–water partition coefficient (Wildman–Crippen LogP) is -0.521. The maximum absolute atomic E-state index is 12.6. The van der Waals surface area contributed by atoms with Crippen molar-refractivity contribution < 1.29 is 27.8 Å². The van der Waals surface area contributed by atoms with Gasteiger partial charge in [-0.3, -0.25) is 4.79 Å². The summed E-state index contributed by atoms with van der Waals surface area (Å²) in [6, 6.07) is 0. The highest BCUT2D eigenvalue weighted by Gasteiger charge is 2.42. The highest BCUT2D eigenvalue weighted by molar-refractivity contribution is 7.86. The molecule has 8 nitrogen and oxygen atoms in total. The van der Waals surface area contributed by atoms with Gasteiger partial charge in [0.15, 0.2) is 0 Å². The van der Waals surface area contributed by atoms with Crippen molar-refractivity contribution in [2.45, 2.75) is 6.92 Å². The van der Waals surface area contributed by atoms with Crippen LogP contribution in [0.15, 0.2) is 0 Å². The topological polar surface area (TPSA) is 96.4 Å². The van der Waals surface area contributed by atoms with Crippen molar-refractivity contribution in [2.24, 2.45) is 11.8 Å². The average molecular weight is 324 g/mol. The van der Waals surface area contributed by atoms with Gasteiger partial charge in [0.25, 0.3) is 10.2 Å². The van der Waals surface area contributed by atoms with Crippen molar-refractivity contribution in [1.82, 2.24) is 8.61 Å². The quantitative estimate of drug-likeness (QED) is 0.613. The largest absolute Gasteiger partial charge is 0.481 e. The molecular weight excluding hydrogens is 300 g/mol. The molecule has 1 N–H and O–H groups in total. The number of methoxy groups -OCH3 is 2. The van der Waals surface area contributed by atoms with Gasteiger partial charge >= 0.3 is 5.97 Å². The molecule has 1 aliphatic rings. The number of ether oxygens (including phenoxy) is 2. The summed E-state index contributed by atoms with van der Waals surface area (Å²) in [6.07, 6.45) is 0. The lowest BCUT2D eigenvalue weighted by atomic mass is 9.99. The fraction of sp³-hybridized carbons (Fsp3) is 0.917. The Labute approximate surface area is 125 Å². The molecule has 0 amide bonds. The molecule has 1 saturated heterocycles. The Morgan fingerprint density at radius 2 is 1.76 bits per heavy atom. The Morgan fingerprint density at radius 1 is 1.24 bits per heavy atom. The van der Waals surface area contributed by atoms with Crippen molar-refractivity contribution in [3.63, 3.8) is 0 Å². The van der Waals surface area contributed by atoms with Crippen LogP contribution in [0.4, 0.5) is 0 Å². The first kappa shape index (κ1) is 18.3. The van der Waals surface area contributed by atoms with Gasteiger partial charge in [-0.15, -0.1) is 0 Å². The highest BCUT2D eigenvalue weighted by atomic mass is 32.2. The van der Waals surface area contributed by atoms with Crippen LogP contribution in [0, 0.1) is 11.8 Å². The van der Waals surface area contributed by atoms with Gasteiger partial charge in [-0.25, -0.2) is 0 Å². The van der Waals surface area contributed by atoms with Crippen molar-refractivity contribution in [2.75, 3.05) is 53.6 Å². The number of hydrogen-bond donors (Lipinski definition) is 1. The van der Waals surface area contributed by atoms with Crippen LogP contribution in [0.25, 0.3) is 0 Å². The summed E-state index contributed by atoms with van der Waals surface area (Å²) >= 11 is 0. The lowest BCUT2D eigenvalue weighted by Gasteiger charge is -2.27. The van der Waals surface area contributed by atoms with E-state index in [0.717, 1.165) is 0 Å². The highest BCUT2D eigenvalue weighted by Crippen LogP contribution is 2.26. The third kappa shape index (κ3) is 4.62. The molecule has 9 heteroatoms. The molecule has 0 radical (unpaired) electrons. The zero-order valence-corrected chi connectivity index (χ0v) is 13.5. The summed E-state index contributed by atoms with van der Waals surface area (Å²) in [5.41, 5.74) is 0. The molecule has 1 heterocycles. The summed E-state index contributed by atoms with van der Waals surface area (Å²) in [5, 5.41) is 9.11. The standard InChI is InChI=1S/C12H24N2O6S/c1-10-8-14(9-11(10)12(15)16)21(17,18)13(4-6-19-2)5-7-20-3/h10-11H,4-9H2,1-3H3,(H,15,16)/t10-,11-/m1/s1. The second-order valence-corrected chi connectivity index (χ2v) is 7.06. The van der Waals surface area contributed by atoms with Gasteiger partial charge in [-0.2, -0.15) is 17.0 Å². The van der Waals surface area contributed by atoms with E-state index in [1.165, 1.54) is 22.8 Å². The molecule has 0 aliphatic carbocycles. The van der Waals surface area contributed by atoms with Crippen LogP contribution in [0.5, 0.6) is 0 Å². The third-order valence-electron chi connectivity index (χ3n) is 3.64. The normalized spacial score (nSPS) is 23.8. The molecule has 21 heavy (non-hydrogen) atoms. The smallest absolute Gasteiger partial charge is 0.308 e. The average Bonchev–Trinajstić information content (AvgIpc) is 2.81. The van der Waals surface area contributed by atoms with E-state index in [9.17, 15) is 13.2 Å². The van der Waals surface area contributed by atoms with Gasteiger partial charge in [0, 0.05) is 40.4 Å². The van der Waals surface area contributed by atoms with E-state index in [4.69, 9.17) is 14.6 Å².